The number of carbonyl (C=O) groups excluding carboxylic acids is 1. The molecule has 0 radical (unpaired) electrons. The van der Waals surface area contributed by atoms with Crippen molar-refractivity contribution >= 4 is 16.0 Å². The Morgan fingerprint density at radius 1 is 1.30 bits per heavy atom. The summed E-state index contributed by atoms with van der Waals surface area (Å²) in [7, 11) is -3.67. The van der Waals surface area contributed by atoms with Crippen molar-refractivity contribution in [1.29, 1.82) is 0 Å². The number of fused-ring (bicyclic) bond motifs is 2. The van der Waals surface area contributed by atoms with Crippen LogP contribution in [0.15, 0.2) is 29.2 Å². The van der Waals surface area contributed by atoms with Gasteiger partial charge >= 0.3 is 5.97 Å². The van der Waals surface area contributed by atoms with Crippen molar-refractivity contribution in [2.75, 3.05) is 6.54 Å². The van der Waals surface area contributed by atoms with Gasteiger partial charge in [0, 0.05) is 13.0 Å². The lowest BCUT2D eigenvalue weighted by Gasteiger charge is -2.36. The van der Waals surface area contributed by atoms with Crippen molar-refractivity contribution in [3.63, 3.8) is 0 Å². The van der Waals surface area contributed by atoms with Crippen LogP contribution in [0.25, 0.3) is 0 Å². The van der Waals surface area contributed by atoms with Gasteiger partial charge in [-0.15, -0.1) is 0 Å². The SMILES string of the molecule is Cc1ccc(S(=O)(=O)N2CCC3CC2(C)C(=O)O3)cc1. The Balaban J connectivity index is 2.03. The molecule has 0 spiro atoms. The first-order valence-corrected chi connectivity index (χ1v) is 8.09. The molecular weight excluding hydrogens is 278 g/mol. The van der Waals surface area contributed by atoms with Gasteiger partial charge in [-0.3, -0.25) is 4.79 Å². The van der Waals surface area contributed by atoms with E-state index >= 15 is 0 Å². The van der Waals surface area contributed by atoms with Crippen LogP contribution in [-0.4, -0.2) is 36.9 Å². The Morgan fingerprint density at radius 3 is 2.60 bits per heavy atom. The molecule has 2 atom stereocenters. The Labute approximate surface area is 118 Å². The van der Waals surface area contributed by atoms with Crippen molar-refractivity contribution in [2.45, 2.75) is 43.2 Å². The molecule has 108 valence electrons. The van der Waals surface area contributed by atoms with Gasteiger partial charge in [0.25, 0.3) is 0 Å². The van der Waals surface area contributed by atoms with Crippen molar-refractivity contribution in [1.82, 2.24) is 4.31 Å². The second-order valence-corrected chi connectivity index (χ2v) is 7.55. The summed E-state index contributed by atoms with van der Waals surface area (Å²) in [5.41, 5.74) is -0.0683. The fourth-order valence-corrected chi connectivity index (χ4v) is 4.70. The molecule has 20 heavy (non-hydrogen) atoms. The van der Waals surface area contributed by atoms with Crippen LogP contribution in [0.5, 0.6) is 0 Å². The zero-order valence-electron chi connectivity index (χ0n) is 11.5. The van der Waals surface area contributed by atoms with Crippen LogP contribution in [0.2, 0.25) is 0 Å². The summed E-state index contributed by atoms with van der Waals surface area (Å²) in [4.78, 5) is 12.2. The smallest absolute Gasteiger partial charge is 0.327 e. The summed E-state index contributed by atoms with van der Waals surface area (Å²) in [5, 5.41) is 0. The highest BCUT2D eigenvalue weighted by atomic mass is 32.2. The summed E-state index contributed by atoms with van der Waals surface area (Å²) in [6, 6.07) is 6.69. The van der Waals surface area contributed by atoms with Crippen molar-refractivity contribution in [3.8, 4) is 0 Å². The molecule has 2 aliphatic rings. The Bertz CT molecular complexity index is 652. The number of sulfonamides is 1. The highest BCUT2D eigenvalue weighted by molar-refractivity contribution is 7.89. The lowest BCUT2D eigenvalue weighted by atomic mass is 9.93. The molecule has 2 saturated heterocycles. The van der Waals surface area contributed by atoms with Crippen LogP contribution in [0.3, 0.4) is 0 Å². The maximum atomic E-state index is 12.8. The van der Waals surface area contributed by atoms with Crippen LogP contribution in [-0.2, 0) is 19.6 Å². The number of ether oxygens (including phenoxy) is 1. The minimum absolute atomic E-state index is 0.142. The van der Waals surface area contributed by atoms with E-state index in [0.717, 1.165) is 5.56 Å². The lowest BCUT2D eigenvalue weighted by Crippen LogP contribution is -2.54. The van der Waals surface area contributed by atoms with Crippen LogP contribution < -0.4 is 0 Å². The third-order valence-corrected chi connectivity index (χ3v) is 6.19. The van der Waals surface area contributed by atoms with Crippen LogP contribution >= 0.6 is 0 Å². The van der Waals surface area contributed by atoms with E-state index in [9.17, 15) is 13.2 Å². The average Bonchev–Trinajstić information content (AvgIpc) is 2.59. The number of nitrogens with zero attached hydrogens (tertiary/aromatic N) is 1. The molecule has 1 aromatic rings. The first-order chi connectivity index (χ1) is 9.34. The number of esters is 1. The fourth-order valence-electron chi connectivity index (χ4n) is 2.94. The van der Waals surface area contributed by atoms with Gasteiger partial charge in [0.05, 0.1) is 4.90 Å². The van der Waals surface area contributed by atoms with Crippen molar-refractivity contribution < 1.29 is 17.9 Å². The number of hydrogen-bond donors (Lipinski definition) is 0. The second kappa shape index (κ2) is 4.30. The Hall–Kier alpha value is -1.40. The minimum atomic E-state index is -3.67. The third-order valence-electron chi connectivity index (χ3n) is 4.15. The largest absolute Gasteiger partial charge is 0.461 e. The summed E-state index contributed by atoms with van der Waals surface area (Å²) >= 11 is 0. The summed E-state index contributed by atoms with van der Waals surface area (Å²) in [6.07, 6.45) is 0.862. The number of benzene rings is 1. The maximum Gasteiger partial charge on any atom is 0.327 e. The highest BCUT2D eigenvalue weighted by Gasteiger charge is 2.56. The van der Waals surface area contributed by atoms with E-state index in [1.807, 2.05) is 6.92 Å². The molecule has 0 aliphatic carbocycles. The number of hydrogen-bond acceptors (Lipinski definition) is 4. The van der Waals surface area contributed by atoms with Gasteiger partial charge in [-0.25, -0.2) is 8.42 Å². The highest BCUT2D eigenvalue weighted by Crippen LogP contribution is 2.40. The average molecular weight is 295 g/mol. The first-order valence-electron chi connectivity index (χ1n) is 6.65. The van der Waals surface area contributed by atoms with Gasteiger partial charge in [0.2, 0.25) is 10.0 Å². The van der Waals surface area contributed by atoms with E-state index in [1.165, 1.54) is 4.31 Å². The molecular formula is C14H17NO4S. The number of carbonyl (C=O) groups is 1. The fraction of sp³-hybridized carbons (Fsp3) is 0.500. The van der Waals surface area contributed by atoms with Crippen molar-refractivity contribution in [2.24, 2.45) is 0 Å². The normalized spacial score (nSPS) is 30.3. The number of rotatable bonds is 2. The zero-order valence-corrected chi connectivity index (χ0v) is 12.3. The molecule has 2 fully saturated rings. The van der Waals surface area contributed by atoms with Crippen LogP contribution in [0, 0.1) is 6.92 Å². The molecule has 0 saturated carbocycles. The molecule has 1 aromatic carbocycles. The zero-order chi connectivity index (χ0) is 14.5. The van der Waals surface area contributed by atoms with E-state index in [0.29, 0.717) is 19.4 Å². The molecule has 2 bridgehead atoms. The summed E-state index contributed by atoms with van der Waals surface area (Å²) in [5.74, 6) is -0.435. The molecule has 2 unspecified atom stereocenters. The minimum Gasteiger partial charge on any atom is -0.461 e. The maximum absolute atomic E-state index is 12.8. The van der Waals surface area contributed by atoms with E-state index in [4.69, 9.17) is 4.74 Å². The van der Waals surface area contributed by atoms with E-state index in [-0.39, 0.29) is 11.0 Å². The predicted octanol–water partition coefficient (Wildman–Crippen LogP) is 1.46. The predicted molar refractivity (Wildman–Crippen MR) is 72.6 cm³/mol. The standard InChI is InChI=1S/C14H17NO4S/c1-10-3-5-12(6-4-10)20(17,18)15-8-7-11-9-14(15,2)13(16)19-11/h3-6,11H,7-9H2,1-2H3. The topological polar surface area (TPSA) is 63.7 Å². The lowest BCUT2D eigenvalue weighted by molar-refractivity contribution is -0.145. The van der Waals surface area contributed by atoms with Gasteiger partial charge in [0.15, 0.2) is 0 Å². The van der Waals surface area contributed by atoms with Crippen LogP contribution in [0.4, 0.5) is 0 Å². The molecule has 6 heteroatoms. The van der Waals surface area contributed by atoms with Gasteiger partial charge in [-0.2, -0.15) is 4.31 Å². The summed E-state index contributed by atoms with van der Waals surface area (Å²) in [6.45, 7) is 3.88. The molecule has 0 amide bonds. The van der Waals surface area contributed by atoms with E-state index in [1.54, 1.807) is 31.2 Å². The number of piperidine rings is 1. The third kappa shape index (κ3) is 1.86. The Morgan fingerprint density at radius 2 is 1.95 bits per heavy atom. The van der Waals surface area contributed by atoms with Crippen molar-refractivity contribution in [3.05, 3.63) is 29.8 Å². The summed E-state index contributed by atoms with van der Waals surface area (Å²) < 4.78 is 32.0. The van der Waals surface area contributed by atoms with Gasteiger partial charge in [0.1, 0.15) is 11.6 Å². The van der Waals surface area contributed by atoms with E-state index < -0.39 is 21.5 Å². The van der Waals surface area contributed by atoms with E-state index in [2.05, 4.69) is 0 Å². The quantitative estimate of drug-likeness (QED) is 0.775. The first kappa shape index (κ1) is 13.6. The monoisotopic (exact) mass is 295 g/mol. The molecule has 2 heterocycles. The number of aryl methyl sites for hydroxylation is 1. The molecule has 0 aromatic heterocycles. The molecule has 2 aliphatic heterocycles. The second-order valence-electron chi connectivity index (χ2n) is 5.68. The van der Waals surface area contributed by atoms with Gasteiger partial charge in [-0.05, 0) is 32.4 Å². The van der Waals surface area contributed by atoms with Gasteiger partial charge in [-0.1, -0.05) is 17.7 Å². The molecule has 5 nitrogen and oxygen atoms in total. The van der Waals surface area contributed by atoms with Crippen LogP contribution in [0.1, 0.15) is 25.3 Å². The molecule has 0 N–H and O–H groups in total. The van der Waals surface area contributed by atoms with Gasteiger partial charge < -0.3 is 4.74 Å². The molecule has 3 rings (SSSR count). The Kier molecular flexibility index (Phi) is 2.92.